The Bertz CT molecular complexity index is 663. The third-order valence-corrected chi connectivity index (χ3v) is 5.38. The summed E-state index contributed by atoms with van der Waals surface area (Å²) < 4.78 is 5.26. The van der Waals surface area contributed by atoms with Gasteiger partial charge in [-0.25, -0.2) is 0 Å². The number of hydrogen-bond acceptors (Lipinski definition) is 6. The van der Waals surface area contributed by atoms with E-state index in [1.165, 1.54) is 6.42 Å². The van der Waals surface area contributed by atoms with Crippen LogP contribution < -0.4 is 15.1 Å². The summed E-state index contributed by atoms with van der Waals surface area (Å²) in [5.74, 6) is 0.553. The highest BCUT2D eigenvalue weighted by molar-refractivity contribution is 7.80. The quantitative estimate of drug-likeness (QED) is 0.604. The van der Waals surface area contributed by atoms with Crippen LogP contribution in [-0.4, -0.2) is 53.0 Å². The van der Waals surface area contributed by atoms with E-state index in [0.717, 1.165) is 38.8 Å². The molecule has 0 radical (unpaired) electrons. The zero-order valence-corrected chi connectivity index (χ0v) is 16.0. The van der Waals surface area contributed by atoms with Gasteiger partial charge in [0.2, 0.25) is 11.2 Å². The van der Waals surface area contributed by atoms with Crippen molar-refractivity contribution in [1.82, 2.24) is 10.2 Å². The predicted octanol–water partition coefficient (Wildman–Crippen LogP) is 1.04. The molecule has 1 aromatic heterocycles. The molecule has 0 atom stereocenters. The molecular weight excluding hydrogens is 354 g/mol. The highest BCUT2D eigenvalue weighted by atomic mass is 32.1. The first-order valence-electron chi connectivity index (χ1n) is 9.25. The van der Waals surface area contributed by atoms with Gasteiger partial charge in [-0.05, 0) is 19.8 Å². The first kappa shape index (κ1) is 18.8. The number of amides is 1. The van der Waals surface area contributed by atoms with E-state index in [4.69, 9.17) is 16.7 Å². The molecule has 3 rings (SSSR count). The Morgan fingerprint density at radius 1 is 1.27 bits per heavy atom. The van der Waals surface area contributed by atoms with Crippen molar-refractivity contribution in [3.8, 4) is 0 Å². The second kappa shape index (κ2) is 8.57. The largest absolute Gasteiger partial charge is 0.362 e. The lowest BCUT2D eigenvalue weighted by Crippen LogP contribution is -2.65. The first-order valence-corrected chi connectivity index (χ1v) is 9.65. The summed E-state index contributed by atoms with van der Waals surface area (Å²) in [5.41, 5.74) is 0. The Morgan fingerprint density at radius 2 is 1.96 bits per heavy atom. The average molecular weight is 380 g/mol. The molecule has 0 aromatic carbocycles. The fourth-order valence-corrected chi connectivity index (χ4v) is 3.88. The number of anilines is 1. The fraction of sp³-hybridized carbons (Fsp3) is 0.706. The summed E-state index contributed by atoms with van der Waals surface area (Å²) in [5, 5.41) is 8.86. The molecule has 0 spiro atoms. The molecule has 1 aromatic rings. The van der Waals surface area contributed by atoms with Crippen LogP contribution in [0.4, 0.5) is 5.88 Å². The molecular formula is C17H26N5O3S+. The van der Waals surface area contributed by atoms with Crippen molar-refractivity contribution in [3.05, 3.63) is 6.20 Å². The maximum atomic E-state index is 12.3. The van der Waals surface area contributed by atoms with Gasteiger partial charge in [-0.2, -0.15) is 0 Å². The van der Waals surface area contributed by atoms with Crippen molar-refractivity contribution in [3.63, 3.8) is 0 Å². The zero-order chi connectivity index (χ0) is 18.5. The first-order chi connectivity index (χ1) is 12.5. The number of nitrogens with zero attached hydrogens (tertiary/aromatic N) is 4. The maximum Gasteiger partial charge on any atom is 0.305 e. The monoisotopic (exact) mass is 380 g/mol. The van der Waals surface area contributed by atoms with Crippen molar-refractivity contribution in [1.29, 1.82) is 0 Å². The molecule has 9 heteroatoms. The lowest BCUT2D eigenvalue weighted by atomic mass is 9.89. The zero-order valence-electron chi connectivity index (χ0n) is 15.1. The summed E-state index contributed by atoms with van der Waals surface area (Å²) in [6.07, 6.45) is 7.36. The smallest absolute Gasteiger partial charge is 0.305 e. The minimum Gasteiger partial charge on any atom is -0.362 e. The molecule has 2 heterocycles. The van der Waals surface area contributed by atoms with Crippen molar-refractivity contribution in [2.45, 2.75) is 45.4 Å². The van der Waals surface area contributed by atoms with E-state index in [-0.39, 0.29) is 17.6 Å². The number of nitrogens with one attached hydrogen (secondary N) is 1. The molecule has 2 fully saturated rings. The molecule has 0 bridgehead atoms. The number of rotatable bonds is 5. The van der Waals surface area contributed by atoms with Crippen LogP contribution >= 0.6 is 12.2 Å². The molecule has 1 saturated heterocycles. The average Bonchev–Trinajstić information content (AvgIpc) is 3.10. The third kappa shape index (κ3) is 4.78. The highest BCUT2D eigenvalue weighted by Gasteiger charge is 2.28. The van der Waals surface area contributed by atoms with E-state index in [9.17, 15) is 9.59 Å². The van der Waals surface area contributed by atoms with E-state index in [2.05, 4.69) is 15.5 Å². The Morgan fingerprint density at radius 3 is 2.62 bits per heavy atom. The molecule has 2 aliphatic rings. The molecule has 26 heavy (non-hydrogen) atoms. The van der Waals surface area contributed by atoms with Gasteiger partial charge in [0.15, 0.2) is 0 Å². The maximum absolute atomic E-state index is 12.3. The number of hydrogen-bond donors (Lipinski definition) is 1. The molecule has 1 amide bonds. The molecule has 8 nitrogen and oxygen atoms in total. The van der Waals surface area contributed by atoms with Gasteiger partial charge in [0.25, 0.3) is 6.20 Å². The molecule has 1 saturated carbocycles. The number of carbonyl (C=O) groups excluding carboxylic acids is 2. The summed E-state index contributed by atoms with van der Waals surface area (Å²) in [6, 6.07) is 0. The van der Waals surface area contributed by atoms with Crippen LogP contribution in [0.3, 0.4) is 0 Å². The van der Waals surface area contributed by atoms with Crippen LogP contribution in [0.1, 0.15) is 45.4 Å². The lowest BCUT2D eigenvalue weighted by Gasteiger charge is -2.31. The normalized spacial score (nSPS) is 18.7. The number of piperazine rings is 1. The number of thiocarbonyl (C=S) groups is 1. The third-order valence-electron chi connectivity index (χ3n) is 4.98. The number of Topliss-reactive ketones (excluding diaryl/α,β-unsaturated/α-hetero) is 1. The van der Waals surface area contributed by atoms with E-state index in [1.807, 2.05) is 5.01 Å². The van der Waals surface area contributed by atoms with Gasteiger partial charge in [-0.1, -0.05) is 31.5 Å². The van der Waals surface area contributed by atoms with E-state index in [0.29, 0.717) is 30.4 Å². The minimum absolute atomic E-state index is 0.0207. The topological polar surface area (TPSA) is 82.6 Å². The Balaban J connectivity index is 1.50. The summed E-state index contributed by atoms with van der Waals surface area (Å²) >= 11 is 5.32. The van der Waals surface area contributed by atoms with Gasteiger partial charge >= 0.3 is 5.88 Å². The van der Waals surface area contributed by atoms with Gasteiger partial charge < -0.3 is 4.90 Å². The highest BCUT2D eigenvalue weighted by Crippen LogP contribution is 2.24. The van der Waals surface area contributed by atoms with Crippen LogP contribution in [0.25, 0.3) is 0 Å². The number of carbonyl (C=O) groups is 2. The Hall–Kier alpha value is -2.03. The molecule has 1 aliphatic heterocycles. The van der Waals surface area contributed by atoms with Crippen molar-refractivity contribution >= 4 is 34.8 Å². The predicted molar refractivity (Wildman–Crippen MR) is 99.3 cm³/mol. The Kier molecular flexibility index (Phi) is 6.18. The number of aromatic nitrogens is 2. The van der Waals surface area contributed by atoms with Crippen LogP contribution in [0.5, 0.6) is 0 Å². The van der Waals surface area contributed by atoms with E-state index in [1.54, 1.807) is 17.9 Å². The minimum atomic E-state index is 0.0207. The van der Waals surface area contributed by atoms with Crippen molar-refractivity contribution < 1.29 is 18.9 Å². The summed E-state index contributed by atoms with van der Waals surface area (Å²) in [4.78, 5) is 27.9. The summed E-state index contributed by atoms with van der Waals surface area (Å²) in [6.45, 7) is 4.44. The van der Waals surface area contributed by atoms with Gasteiger partial charge in [0.1, 0.15) is 5.78 Å². The standard InChI is InChI=1S/C17H25N5O3S/c1-13(23)11-16(26)20-7-9-21(10-8-20)22-12-15(25-19-22)18-17(24)14-5-3-2-4-6-14/h12,14H,2-11H2,1H3/p+1. The van der Waals surface area contributed by atoms with Crippen molar-refractivity contribution in [2.24, 2.45) is 5.92 Å². The SMILES string of the molecule is CC(=O)CC(=S)N1CCN([n+]2cc(NC(=O)C3CCCCC3)on2)CC1. The fourth-order valence-electron chi connectivity index (χ4n) is 3.49. The van der Waals surface area contributed by atoms with Crippen LogP contribution in [0, 0.1) is 5.92 Å². The van der Waals surface area contributed by atoms with Crippen LogP contribution in [-0.2, 0) is 9.59 Å². The van der Waals surface area contributed by atoms with E-state index < -0.39 is 0 Å². The number of ketones is 1. The summed E-state index contributed by atoms with van der Waals surface area (Å²) in [7, 11) is 0. The second-order valence-corrected chi connectivity index (χ2v) is 7.50. The molecule has 1 N–H and O–H groups in total. The van der Waals surface area contributed by atoms with Crippen molar-refractivity contribution in [2.75, 3.05) is 36.5 Å². The van der Waals surface area contributed by atoms with Gasteiger partial charge in [-0.15, -0.1) is 5.01 Å². The Labute approximate surface area is 158 Å². The van der Waals surface area contributed by atoms with Gasteiger partial charge in [-0.3, -0.25) is 19.4 Å². The van der Waals surface area contributed by atoms with Crippen LogP contribution in [0.15, 0.2) is 10.7 Å². The lowest BCUT2D eigenvalue weighted by molar-refractivity contribution is -0.759. The second-order valence-electron chi connectivity index (χ2n) is 7.02. The van der Waals surface area contributed by atoms with E-state index >= 15 is 0 Å². The van der Waals surface area contributed by atoms with Gasteiger partial charge in [0, 0.05) is 19.0 Å². The van der Waals surface area contributed by atoms with Crippen LogP contribution in [0.2, 0.25) is 0 Å². The molecule has 0 unspecified atom stereocenters. The molecule has 1 aliphatic carbocycles. The molecule has 142 valence electrons. The van der Waals surface area contributed by atoms with Gasteiger partial charge in [0.05, 0.1) is 29.3 Å².